The summed E-state index contributed by atoms with van der Waals surface area (Å²) in [6, 6.07) is 7.69. The Morgan fingerprint density at radius 3 is 2.28 bits per heavy atom. The summed E-state index contributed by atoms with van der Waals surface area (Å²) in [4.78, 5) is 0.148. The molecule has 3 nitrogen and oxygen atoms in total. The summed E-state index contributed by atoms with van der Waals surface area (Å²) in [5.74, 6) is 0.499. The number of benzene rings is 1. The van der Waals surface area contributed by atoms with Gasteiger partial charge in [-0.15, -0.1) is 0 Å². The Bertz CT molecular complexity index is 526. The van der Waals surface area contributed by atoms with Crippen molar-refractivity contribution in [3.05, 3.63) is 30.3 Å². The highest BCUT2D eigenvalue weighted by atomic mass is 32.2. The molecule has 0 saturated carbocycles. The molecule has 0 aliphatic heterocycles. The molecule has 0 saturated heterocycles. The van der Waals surface area contributed by atoms with Gasteiger partial charge in [0.05, 0.1) is 5.69 Å². The first-order valence-electron chi connectivity index (χ1n) is 5.01. The third-order valence-corrected chi connectivity index (χ3v) is 3.04. The monoisotopic (exact) mass is 273 g/mol. The van der Waals surface area contributed by atoms with Crippen LogP contribution in [0.15, 0.2) is 35.2 Å². The third kappa shape index (κ3) is 2.98. The van der Waals surface area contributed by atoms with Crippen molar-refractivity contribution in [1.82, 2.24) is 9.78 Å². The van der Waals surface area contributed by atoms with E-state index in [9.17, 15) is 13.2 Å². The highest BCUT2D eigenvalue weighted by molar-refractivity contribution is 8.00. The van der Waals surface area contributed by atoms with E-state index in [0.29, 0.717) is 11.5 Å². The molecule has 0 unspecified atom stereocenters. The molecule has 0 radical (unpaired) electrons. The van der Waals surface area contributed by atoms with Gasteiger partial charge in [0.15, 0.2) is 0 Å². The van der Waals surface area contributed by atoms with Crippen LogP contribution < -0.4 is 5.73 Å². The zero-order chi connectivity index (χ0) is 13.3. The van der Waals surface area contributed by atoms with Gasteiger partial charge in [0.25, 0.3) is 0 Å². The lowest BCUT2D eigenvalue weighted by Crippen LogP contribution is -1.98. The van der Waals surface area contributed by atoms with E-state index in [2.05, 4.69) is 5.10 Å². The number of rotatable bonds is 2. The number of aryl methyl sites for hydroxylation is 1. The molecule has 0 amide bonds. The smallest absolute Gasteiger partial charge is 0.384 e. The minimum atomic E-state index is -4.27. The first-order chi connectivity index (χ1) is 8.35. The van der Waals surface area contributed by atoms with Gasteiger partial charge in [-0.25, -0.2) is 0 Å². The molecule has 96 valence electrons. The van der Waals surface area contributed by atoms with Gasteiger partial charge in [-0.05, 0) is 23.9 Å². The van der Waals surface area contributed by atoms with Crippen LogP contribution in [0.1, 0.15) is 0 Å². The highest BCUT2D eigenvalue weighted by Gasteiger charge is 2.29. The van der Waals surface area contributed by atoms with Gasteiger partial charge in [-0.2, -0.15) is 18.3 Å². The van der Waals surface area contributed by atoms with Crippen molar-refractivity contribution in [2.45, 2.75) is 10.4 Å². The molecule has 0 spiro atoms. The number of nitrogens with two attached hydrogens (primary N) is 1. The number of nitrogens with zero attached hydrogens (tertiary/aromatic N) is 2. The lowest BCUT2D eigenvalue weighted by atomic mass is 10.1. The van der Waals surface area contributed by atoms with Crippen LogP contribution in [0.3, 0.4) is 0 Å². The number of aromatic nitrogens is 2. The van der Waals surface area contributed by atoms with Crippen molar-refractivity contribution in [2.24, 2.45) is 7.05 Å². The summed E-state index contributed by atoms with van der Waals surface area (Å²) in [5.41, 5.74) is 2.74. The minimum absolute atomic E-state index is 0.137. The molecular formula is C11H10F3N3S. The molecule has 7 heteroatoms. The summed E-state index contributed by atoms with van der Waals surface area (Å²) in [6.07, 6.45) is 0. The summed E-state index contributed by atoms with van der Waals surface area (Å²) in [7, 11) is 1.70. The first-order valence-corrected chi connectivity index (χ1v) is 5.82. The van der Waals surface area contributed by atoms with Crippen LogP contribution in [-0.2, 0) is 7.05 Å². The minimum Gasteiger partial charge on any atom is -0.384 e. The van der Waals surface area contributed by atoms with Gasteiger partial charge < -0.3 is 5.73 Å². The molecule has 0 aliphatic carbocycles. The van der Waals surface area contributed by atoms with Crippen molar-refractivity contribution < 1.29 is 13.2 Å². The predicted octanol–water partition coefficient (Wildman–Crippen LogP) is 3.28. The number of hydrogen-bond donors (Lipinski definition) is 1. The second-order valence-corrected chi connectivity index (χ2v) is 4.79. The Labute approximate surface area is 106 Å². The topological polar surface area (TPSA) is 43.8 Å². The number of hydrogen-bond acceptors (Lipinski definition) is 3. The Kier molecular flexibility index (Phi) is 3.25. The zero-order valence-electron chi connectivity index (χ0n) is 9.40. The Morgan fingerprint density at radius 1 is 1.22 bits per heavy atom. The number of anilines is 1. The molecule has 1 aromatic carbocycles. The van der Waals surface area contributed by atoms with Crippen molar-refractivity contribution in [2.75, 3.05) is 5.73 Å². The van der Waals surface area contributed by atoms with Gasteiger partial charge in [0, 0.05) is 23.6 Å². The molecule has 2 rings (SSSR count). The molecule has 0 aliphatic rings. The Balaban J connectivity index is 2.22. The number of nitrogen functional groups attached to an aromatic ring is 1. The van der Waals surface area contributed by atoms with Crippen LogP contribution in [0.2, 0.25) is 0 Å². The van der Waals surface area contributed by atoms with E-state index in [-0.39, 0.29) is 16.7 Å². The van der Waals surface area contributed by atoms with Crippen LogP contribution in [0.4, 0.5) is 19.0 Å². The van der Waals surface area contributed by atoms with Gasteiger partial charge >= 0.3 is 5.51 Å². The van der Waals surface area contributed by atoms with Crippen LogP contribution in [0.25, 0.3) is 11.3 Å². The lowest BCUT2D eigenvalue weighted by Gasteiger charge is -2.05. The second-order valence-electron chi connectivity index (χ2n) is 3.65. The molecule has 1 aromatic heterocycles. The van der Waals surface area contributed by atoms with E-state index in [0.717, 1.165) is 5.56 Å². The third-order valence-electron chi connectivity index (χ3n) is 2.30. The molecule has 2 aromatic rings. The standard InChI is InChI=1S/C11H10F3N3S/c1-17-10(15)6-9(16-17)7-2-4-8(5-3-7)18-11(12,13)14/h2-6H,15H2,1H3. The largest absolute Gasteiger partial charge is 0.446 e. The molecule has 0 atom stereocenters. The lowest BCUT2D eigenvalue weighted by molar-refractivity contribution is -0.0328. The maximum Gasteiger partial charge on any atom is 0.446 e. The van der Waals surface area contributed by atoms with Gasteiger partial charge in [0.2, 0.25) is 0 Å². The van der Waals surface area contributed by atoms with Crippen LogP contribution >= 0.6 is 11.8 Å². The van der Waals surface area contributed by atoms with E-state index in [4.69, 9.17) is 5.73 Å². The molecule has 1 heterocycles. The quantitative estimate of drug-likeness (QED) is 0.854. The first kappa shape index (κ1) is 12.8. The zero-order valence-corrected chi connectivity index (χ0v) is 10.2. The second kappa shape index (κ2) is 4.56. The van der Waals surface area contributed by atoms with Crippen molar-refractivity contribution >= 4 is 17.6 Å². The molecule has 2 N–H and O–H groups in total. The molecule has 0 bridgehead atoms. The summed E-state index contributed by atoms with van der Waals surface area (Å²) < 4.78 is 38.0. The van der Waals surface area contributed by atoms with Gasteiger partial charge in [0.1, 0.15) is 5.82 Å². The van der Waals surface area contributed by atoms with E-state index in [1.54, 1.807) is 25.2 Å². The van der Waals surface area contributed by atoms with Crippen LogP contribution in [0.5, 0.6) is 0 Å². The summed E-state index contributed by atoms with van der Waals surface area (Å²) in [5, 5.41) is 4.15. The molecule has 18 heavy (non-hydrogen) atoms. The maximum atomic E-state index is 12.2. The van der Waals surface area contributed by atoms with Crippen molar-refractivity contribution in [3.8, 4) is 11.3 Å². The predicted molar refractivity (Wildman–Crippen MR) is 65.0 cm³/mol. The molecular weight excluding hydrogens is 263 g/mol. The Hall–Kier alpha value is -1.63. The van der Waals surface area contributed by atoms with Crippen molar-refractivity contribution in [3.63, 3.8) is 0 Å². The number of halogens is 3. The summed E-state index contributed by atoms with van der Waals surface area (Å²) >= 11 is -0.137. The van der Waals surface area contributed by atoms with Gasteiger partial charge in [-0.3, -0.25) is 4.68 Å². The van der Waals surface area contributed by atoms with Crippen LogP contribution in [0, 0.1) is 0 Å². The summed E-state index contributed by atoms with van der Waals surface area (Å²) in [6.45, 7) is 0. The average molecular weight is 273 g/mol. The van der Waals surface area contributed by atoms with E-state index in [1.165, 1.54) is 16.8 Å². The van der Waals surface area contributed by atoms with E-state index >= 15 is 0 Å². The fraction of sp³-hybridized carbons (Fsp3) is 0.182. The Morgan fingerprint density at radius 2 is 1.83 bits per heavy atom. The maximum absolute atomic E-state index is 12.2. The van der Waals surface area contributed by atoms with Crippen molar-refractivity contribution in [1.29, 1.82) is 0 Å². The van der Waals surface area contributed by atoms with Gasteiger partial charge in [-0.1, -0.05) is 12.1 Å². The number of alkyl halides is 3. The normalized spacial score (nSPS) is 11.8. The van der Waals surface area contributed by atoms with Crippen LogP contribution in [-0.4, -0.2) is 15.3 Å². The highest BCUT2D eigenvalue weighted by Crippen LogP contribution is 2.37. The average Bonchev–Trinajstić information content (AvgIpc) is 2.58. The molecule has 0 fully saturated rings. The van der Waals surface area contributed by atoms with E-state index < -0.39 is 5.51 Å². The fourth-order valence-electron chi connectivity index (χ4n) is 1.45. The fourth-order valence-corrected chi connectivity index (χ4v) is 1.99. The van der Waals surface area contributed by atoms with E-state index in [1.807, 2.05) is 0 Å². The number of thioether (sulfide) groups is 1. The SMILES string of the molecule is Cn1nc(-c2ccc(SC(F)(F)F)cc2)cc1N.